The Morgan fingerprint density at radius 3 is 2.42 bits per heavy atom. The van der Waals surface area contributed by atoms with Gasteiger partial charge in [0.2, 0.25) is 10.0 Å². The van der Waals surface area contributed by atoms with Crippen LogP contribution in [0.4, 0.5) is 14.5 Å². The first-order valence-corrected chi connectivity index (χ1v) is 14.6. The lowest BCUT2D eigenvalue weighted by Crippen LogP contribution is -2.42. The number of furan rings is 1. The second kappa shape index (κ2) is 14.9. The summed E-state index contributed by atoms with van der Waals surface area (Å²) in [7, 11) is -4.26. The Hall–Kier alpha value is -4.11. The number of carbonyl (C=O) groups excluding carboxylic acids is 3. The smallest absolute Gasteiger partial charge is 0.340 e. The van der Waals surface area contributed by atoms with Crippen LogP contribution in [0.15, 0.2) is 70.2 Å². The summed E-state index contributed by atoms with van der Waals surface area (Å²) in [6.07, 6.45) is 3.67. The van der Waals surface area contributed by atoms with Crippen LogP contribution in [-0.4, -0.2) is 51.4 Å². The maximum atomic E-state index is 13.4. The van der Waals surface area contributed by atoms with E-state index in [2.05, 4.69) is 10.6 Å². The Kier molecular flexibility index (Phi) is 11.5. The van der Waals surface area contributed by atoms with Gasteiger partial charge in [-0.25, -0.2) is 31.9 Å². The monoisotopic (exact) mass is 639 g/mol. The lowest BCUT2D eigenvalue weighted by Gasteiger charge is -2.19. The van der Waals surface area contributed by atoms with Crippen molar-refractivity contribution in [2.24, 2.45) is 5.14 Å². The fourth-order valence-electron chi connectivity index (χ4n) is 3.78. The standard InChI is InChI=1S/C28H28ClF2N3O8S/c1-16(34-17(2)27(36)18-9-19(30)11-20(31)10-18)15-42-26(35)6-4-8-41-28(37)22-12-25(43(32,38)39)23(29)13-24(22)33-14-21-5-3-7-40-21/h3-7,9-13,16-17,33-34H,8,14-15H2,1-2H3,(H2,32,38,39)/b6-4+/t16-,17-/m1/s1. The van der Waals surface area contributed by atoms with Gasteiger partial charge in [-0.15, -0.1) is 0 Å². The molecular formula is C28H28ClF2N3O8S. The molecule has 3 rings (SSSR count). The van der Waals surface area contributed by atoms with Crippen molar-refractivity contribution >= 4 is 45.0 Å². The van der Waals surface area contributed by atoms with Crippen LogP contribution in [-0.2, 0) is 30.8 Å². The highest BCUT2D eigenvalue weighted by Gasteiger charge is 2.22. The number of hydrogen-bond donors (Lipinski definition) is 3. The summed E-state index contributed by atoms with van der Waals surface area (Å²) in [6, 6.07) is 6.72. The Labute approximate surface area is 251 Å². The van der Waals surface area contributed by atoms with Gasteiger partial charge in [-0.1, -0.05) is 11.6 Å². The van der Waals surface area contributed by atoms with Crippen LogP contribution in [0, 0.1) is 11.6 Å². The van der Waals surface area contributed by atoms with E-state index in [-0.39, 0.29) is 41.6 Å². The zero-order chi connectivity index (χ0) is 31.7. The second-order valence-corrected chi connectivity index (χ2v) is 11.2. The molecule has 15 heteroatoms. The number of carbonyl (C=O) groups is 3. The van der Waals surface area contributed by atoms with Gasteiger partial charge in [-0.2, -0.15) is 0 Å². The highest BCUT2D eigenvalue weighted by Crippen LogP contribution is 2.29. The molecule has 0 saturated carbocycles. The van der Waals surface area contributed by atoms with Gasteiger partial charge in [0.15, 0.2) is 5.78 Å². The molecule has 0 fully saturated rings. The predicted molar refractivity (Wildman–Crippen MR) is 152 cm³/mol. The van der Waals surface area contributed by atoms with E-state index >= 15 is 0 Å². The molecule has 0 spiro atoms. The fourth-order valence-corrected chi connectivity index (χ4v) is 4.88. The molecule has 0 aliphatic heterocycles. The van der Waals surface area contributed by atoms with Crippen molar-refractivity contribution in [3.05, 3.63) is 94.4 Å². The number of hydrogen-bond acceptors (Lipinski definition) is 10. The van der Waals surface area contributed by atoms with Gasteiger partial charge in [0.05, 0.1) is 35.1 Å². The van der Waals surface area contributed by atoms with Crippen LogP contribution in [0.25, 0.3) is 0 Å². The molecule has 0 unspecified atom stereocenters. The highest BCUT2D eigenvalue weighted by atomic mass is 35.5. The van der Waals surface area contributed by atoms with Crippen molar-refractivity contribution in [3.8, 4) is 0 Å². The lowest BCUT2D eigenvalue weighted by molar-refractivity contribution is -0.138. The second-order valence-electron chi connectivity index (χ2n) is 9.25. The number of ether oxygens (including phenoxy) is 2. The van der Waals surface area contributed by atoms with Crippen LogP contribution in [0.5, 0.6) is 0 Å². The Balaban J connectivity index is 1.53. The van der Waals surface area contributed by atoms with Crippen LogP contribution in [0.3, 0.4) is 0 Å². The first-order chi connectivity index (χ1) is 20.2. The summed E-state index contributed by atoms with van der Waals surface area (Å²) < 4.78 is 66.1. The summed E-state index contributed by atoms with van der Waals surface area (Å²) in [5, 5.41) is 10.8. The van der Waals surface area contributed by atoms with E-state index in [1.165, 1.54) is 25.3 Å². The zero-order valence-electron chi connectivity index (χ0n) is 22.9. The maximum Gasteiger partial charge on any atom is 0.340 e. The molecule has 0 amide bonds. The fraction of sp³-hybridized carbons (Fsp3) is 0.250. The number of benzene rings is 2. The number of anilines is 1. The van der Waals surface area contributed by atoms with Crippen LogP contribution in [0.2, 0.25) is 5.02 Å². The molecule has 4 N–H and O–H groups in total. The first kappa shape index (κ1) is 33.4. The summed E-state index contributed by atoms with van der Waals surface area (Å²) >= 11 is 6.06. The summed E-state index contributed by atoms with van der Waals surface area (Å²) in [5.74, 6) is -3.48. The van der Waals surface area contributed by atoms with Crippen LogP contribution in [0.1, 0.15) is 40.3 Å². The van der Waals surface area contributed by atoms with E-state index in [9.17, 15) is 31.6 Å². The van der Waals surface area contributed by atoms with Crippen molar-refractivity contribution in [1.29, 1.82) is 0 Å². The molecule has 3 aromatic rings. The number of primary sulfonamides is 1. The van der Waals surface area contributed by atoms with Crippen molar-refractivity contribution < 1.29 is 45.5 Å². The minimum Gasteiger partial charge on any atom is -0.467 e. The van der Waals surface area contributed by atoms with E-state index in [1.807, 2.05) is 0 Å². The number of sulfonamides is 1. The number of ketones is 1. The molecule has 0 aliphatic rings. The van der Waals surface area contributed by atoms with E-state index < -0.39 is 56.4 Å². The molecule has 43 heavy (non-hydrogen) atoms. The third kappa shape index (κ3) is 9.99. The normalized spacial score (nSPS) is 13.0. The average molecular weight is 640 g/mol. The first-order valence-electron chi connectivity index (χ1n) is 12.6. The number of Topliss-reactive ketones (excluding diaryl/α,β-unsaturated/α-hetero) is 1. The van der Waals surface area contributed by atoms with Crippen molar-refractivity contribution in [3.63, 3.8) is 0 Å². The quantitative estimate of drug-likeness (QED) is 0.133. The average Bonchev–Trinajstić information content (AvgIpc) is 3.45. The Bertz CT molecular complexity index is 1590. The van der Waals surface area contributed by atoms with E-state index in [0.29, 0.717) is 11.8 Å². The molecule has 2 atom stereocenters. The molecule has 0 aliphatic carbocycles. The summed E-state index contributed by atoms with van der Waals surface area (Å²) in [5.41, 5.74) is -0.168. The molecule has 0 bridgehead atoms. The molecule has 1 heterocycles. The Morgan fingerprint density at radius 1 is 1.09 bits per heavy atom. The van der Waals surface area contributed by atoms with Crippen LogP contribution >= 0.6 is 11.6 Å². The third-order valence-electron chi connectivity index (χ3n) is 5.75. The molecule has 0 saturated heterocycles. The van der Waals surface area contributed by atoms with Gasteiger partial charge in [0.1, 0.15) is 35.5 Å². The van der Waals surface area contributed by atoms with Crippen molar-refractivity contribution in [2.45, 2.75) is 37.4 Å². The van der Waals surface area contributed by atoms with Gasteiger partial charge in [-0.05, 0) is 56.3 Å². The summed E-state index contributed by atoms with van der Waals surface area (Å²) in [4.78, 5) is 36.8. The number of esters is 2. The largest absolute Gasteiger partial charge is 0.467 e. The number of nitrogens with one attached hydrogen (secondary N) is 2. The minimum atomic E-state index is -4.26. The predicted octanol–water partition coefficient (Wildman–Crippen LogP) is 3.98. The van der Waals surface area contributed by atoms with Gasteiger partial charge in [0, 0.05) is 23.7 Å². The molecule has 1 aromatic heterocycles. The van der Waals surface area contributed by atoms with Crippen LogP contribution < -0.4 is 15.8 Å². The van der Waals surface area contributed by atoms with Gasteiger partial charge in [-0.3, -0.25) is 4.79 Å². The maximum absolute atomic E-state index is 13.4. The minimum absolute atomic E-state index is 0.140. The number of halogens is 3. The number of rotatable bonds is 14. The van der Waals surface area contributed by atoms with E-state index in [1.54, 1.807) is 19.1 Å². The van der Waals surface area contributed by atoms with E-state index in [4.69, 9.17) is 30.6 Å². The van der Waals surface area contributed by atoms with Gasteiger partial charge < -0.3 is 24.5 Å². The highest BCUT2D eigenvalue weighted by molar-refractivity contribution is 7.89. The van der Waals surface area contributed by atoms with Crippen molar-refractivity contribution in [2.75, 3.05) is 18.5 Å². The zero-order valence-corrected chi connectivity index (χ0v) is 24.5. The topological polar surface area (TPSA) is 167 Å². The molecular weight excluding hydrogens is 612 g/mol. The number of nitrogens with two attached hydrogens (primary N) is 1. The van der Waals surface area contributed by atoms with Crippen molar-refractivity contribution in [1.82, 2.24) is 5.32 Å². The SMILES string of the molecule is C[C@H](COC(=O)/C=C/COC(=O)c1cc(S(N)(=O)=O)c(Cl)cc1NCc1ccco1)N[C@H](C)C(=O)c1cc(F)cc(F)c1. The Morgan fingerprint density at radius 2 is 1.79 bits per heavy atom. The summed E-state index contributed by atoms with van der Waals surface area (Å²) in [6.45, 7) is 2.76. The molecule has 2 aromatic carbocycles. The molecule has 11 nitrogen and oxygen atoms in total. The van der Waals surface area contributed by atoms with Gasteiger partial charge in [0.25, 0.3) is 0 Å². The third-order valence-corrected chi connectivity index (χ3v) is 7.12. The van der Waals surface area contributed by atoms with Gasteiger partial charge >= 0.3 is 11.9 Å². The molecule has 0 radical (unpaired) electrons. The lowest BCUT2D eigenvalue weighted by atomic mass is 10.0. The van der Waals surface area contributed by atoms with E-state index in [0.717, 1.165) is 24.3 Å². The molecule has 230 valence electrons.